The highest BCUT2D eigenvalue weighted by Crippen LogP contribution is 2.20. The molecule has 2 N–H and O–H groups in total. The number of halogens is 1. The minimum atomic E-state index is -0.143. The smallest absolute Gasteiger partial charge is 0.238 e. The van der Waals surface area contributed by atoms with Gasteiger partial charge in [-0.2, -0.15) is 0 Å². The second-order valence-corrected chi connectivity index (χ2v) is 5.36. The first-order chi connectivity index (χ1) is 9.95. The number of aromatic nitrogens is 1. The average molecular weight is 308 g/mol. The van der Waals surface area contributed by atoms with Crippen LogP contribution in [0.3, 0.4) is 0 Å². The summed E-state index contributed by atoms with van der Waals surface area (Å²) in [5, 5.41) is 6.48. The molecule has 21 heavy (non-hydrogen) atoms. The number of aryl methyl sites for hydroxylation is 2. The Kier molecular flexibility index (Phi) is 4.98. The molecule has 0 aliphatic carbocycles. The highest BCUT2D eigenvalue weighted by molar-refractivity contribution is 6.31. The topological polar surface area (TPSA) is 67.2 Å². The van der Waals surface area contributed by atoms with Crippen molar-refractivity contribution in [3.8, 4) is 0 Å². The lowest BCUT2D eigenvalue weighted by Crippen LogP contribution is -2.30. The molecular formula is C15H18ClN3O2. The van der Waals surface area contributed by atoms with Gasteiger partial charge in [0.1, 0.15) is 5.76 Å². The molecule has 0 aliphatic heterocycles. The Morgan fingerprint density at radius 1 is 1.43 bits per heavy atom. The molecule has 2 rings (SSSR count). The molecular weight excluding hydrogens is 290 g/mol. The van der Waals surface area contributed by atoms with Gasteiger partial charge >= 0.3 is 0 Å². The number of anilines is 1. The van der Waals surface area contributed by atoms with Gasteiger partial charge in [0.15, 0.2) is 0 Å². The van der Waals surface area contributed by atoms with Crippen molar-refractivity contribution in [2.75, 3.05) is 11.9 Å². The summed E-state index contributed by atoms with van der Waals surface area (Å²) in [6.45, 7) is 5.80. The van der Waals surface area contributed by atoms with Crippen molar-refractivity contribution in [2.45, 2.75) is 26.8 Å². The summed E-state index contributed by atoms with van der Waals surface area (Å²) >= 11 is 5.92. The van der Waals surface area contributed by atoms with Crippen LogP contribution in [0.25, 0.3) is 0 Å². The van der Waals surface area contributed by atoms with E-state index in [0.717, 1.165) is 11.3 Å². The lowest BCUT2D eigenvalue weighted by atomic mass is 10.2. The second-order valence-electron chi connectivity index (χ2n) is 4.92. The van der Waals surface area contributed by atoms with Crippen LogP contribution in [0.2, 0.25) is 5.02 Å². The van der Waals surface area contributed by atoms with Crippen LogP contribution in [0.5, 0.6) is 0 Å². The highest BCUT2D eigenvalue weighted by atomic mass is 35.5. The summed E-state index contributed by atoms with van der Waals surface area (Å²) in [5.74, 6) is 1.17. The molecule has 5 nitrogen and oxygen atoms in total. The van der Waals surface area contributed by atoms with Gasteiger partial charge in [-0.05, 0) is 38.5 Å². The second kappa shape index (κ2) is 6.74. The summed E-state index contributed by atoms with van der Waals surface area (Å²) in [4.78, 5) is 16.1. The quantitative estimate of drug-likeness (QED) is 0.890. The summed E-state index contributed by atoms with van der Waals surface area (Å²) in [6.07, 6.45) is 1.66. The molecule has 2 aromatic rings. The SMILES string of the molecule is Cc1cnc(C(C)NCC(=O)Nc2cc(Cl)ccc2C)o1. The van der Waals surface area contributed by atoms with Crippen LogP contribution >= 0.6 is 11.6 Å². The van der Waals surface area contributed by atoms with Gasteiger partial charge in [-0.25, -0.2) is 4.98 Å². The maximum absolute atomic E-state index is 11.9. The Morgan fingerprint density at radius 2 is 2.19 bits per heavy atom. The third-order valence-electron chi connectivity index (χ3n) is 3.05. The molecule has 0 spiro atoms. The molecule has 0 aliphatic rings. The van der Waals surface area contributed by atoms with Crippen LogP contribution in [0.1, 0.15) is 30.2 Å². The average Bonchev–Trinajstić information content (AvgIpc) is 2.87. The van der Waals surface area contributed by atoms with Gasteiger partial charge in [-0.15, -0.1) is 0 Å². The lowest BCUT2D eigenvalue weighted by molar-refractivity contribution is -0.115. The third kappa shape index (κ3) is 4.31. The minimum Gasteiger partial charge on any atom is -0.444 e. The van der Waals surface area contributed by atoms with Crippen LogP contribution in [0.15, 0.2) is 28.8 Å². The number of hydrogen-bond acceptors (Lipinski definition) is 4. The van der Waals surface area contributed by atoms with Gasteiger partial charge in [-0.3, -0.25) is 10.1 Å². The lowest BCUT2D eigenvalue weighted by Gasteiger charge is -2.12. The first kappa shape index (κ1) is 15.5. The molecule has 112 valence electrons. The van der Waals surface area contributed by atoms with Crippen LogP contribution in [-0.4, -0.2) is 17.4 Å². The van der Waals surface area contributed by atoms with Crippen molar-refractivity contribution in [3.63, 3.8) is 0 Å². The zero-order valence-electron chi connectivity index (χ0n) is 12.2. The molecule has 6 heteroatoms. The molecule has 1 heterocycles. The van der Waals surface area contributed by atoms with E-state index in [4.69, 9.17) is 16.0 Å². The maximum Gasteiger partial charge on any atom is 0.238 e. The largest absolute Gasteiger partial charge is 0.444 e. The maximum atomic E-state index is 11.9. The summed E-state index contributed by atoms with van der Waals surface area (Å²) in [5.41, 5.74) is 1.68. The van der Waals surface area contributed by atoms with Crippen LogP contribution < -0.4 is 10.6 Å². The van der Waals surface area contributed by atoms with Crippen molar-refractivity contribution in [3.05, 3.63) is 46.6 Å². The van der Waals surface area contributed by atoms with E-state index in [2.05, 4.69) is 15.6 Å². The number of nitrogens with one attached hydrogen (secondary N) is 2. The molecule has 1 atom stereocenters. The molecule has 0 fully saturated rings. The zero-order valence-corrected chi connectivity index (χ0v) is 13.0. The van der Waals surface area contributed by atoms with E-state index in [9.17, 15) is 4.79 Å². The van der Waals surface area contributed by atoms with Crippen molar-refractivity contribution in [1.29, 1.82) is 0 Å². The molecule has 1 unspecified atom stereocenters. The van der Waals surface area contributed by atoms with E-state index >= 15 is 0 Å². The van der Waals surface area contributed by atoms with E-state index in [1.165, 1.54) is 0 Å². The Hall–Kier alpha value is -1.85. The standard InChI is InChI=1S/C15H18ClN3O2/c1-9-4-5-12(16)6-13(9)19-14(20)8-17-11(3)15-18-7-10(2)21-15/h4-7,11,17H,8H2,1-3H3,(H,19,20). The number of amides is 1. The molecule has 0 saturated heterocycles. The van der Waals surface area contributed by atoms with Gasteiger partial charge in [0.25, 0.3) is 0 Å². The van der Waals surface area contributed by atoms with Crippen molar-refractivity contribution < 1.29 is 9.21 Å². The van der Waals surface area contributed by atoms with Gasteiger partial charge in [0.05, 0.1) is 18.8 Å². The molecule has 1 aromatic heterocycles. The fourth-order valence-corrected chi connectivity index (χ4v) is 2.00. The number of rotatable bonds is 5. The van der Waals surface area contributed by atoms with Crippen molar-refractivity contribution in [1.82, 2.24) is 10.3 Å². The number of oxazole rings is 1. The van der Waals surface area contributed by atoms with Gasteiger partial charge < -0.3 is 9.73 Å². The van der Waals surface area contributed by atoms with Crippen LogP contribution in [0, 0.1) is 13.8 Å². The van der Waals surface area contributed by atoms with E-state index in [1.54, 1.807) is 18.3 Å². The van der Waals surface area contributed by atoms with Gasteiger partial charge in [0, 0.05) is 10.7 Å². The highest BCUT2D eigenvalue weighted by Gasteiger charge is 2.13. The molecule has 1 aromatic carbocycles. The number of carbonyl (C=O) groups excluding carboxylic acids is 1. The molecule has 0 bridgehead atoms. The Balaban J connectivity index is 1.89. The Labute approximate surface area is 128 Å². The van der Waals surface area contributed by atoms with Crippen molar-refractivity contribution >= 4 is 23.2 Å². The number of nitrogens with zero attached hydrogens (tertiary/aromatic N) is 1. The van der Waals surface area contributed by atoms with E-state index in [-0.39, 0.29) is 18.5 Å². The summed E-state index contributed by atoms with van der Waals surface area (Å²) < 4.78 is 5.41. The molecule has 0 radical (unpaired) electrons. The predicted molar refractivity (Wildman–Crippen MR) is 82.5 cm³/mol. The molecule has 0 saturated carbocycles. The van der Waals surface area contributed by atoms with E-state index in [1.807, 2.05) is 26.8 Å². The summed E-state index contributed by atoms with van der Waals surface area (Å²) in [6, 6.07) is 5.25. The number of benzene rings is 1. The molecule has 1 amide bonds. The normalized spacial score (nSPS) is 12.2. The van der Waals surface area contributed by atoms with E-state index < -0.39 is 0 Å². The number of carbonyl (C=O) groups is 1. The van der Waals surface area contributed by atoms with Gasteiger partial charge in [-0.1, -0.05) is 17.7 Å². The fourth-order valence-electron chi connectivity index (χ4n) is 1.83. The predicted octanol–water partition coefficient (Wildman–Crippen LogP) is 3.23. The van der Waals surface area contributed by atoms with Crippen LogP contribution in [0.4, 0.5) is 5.69 Å². The van der Waals surface area contributed by atoms with Crippen LogP contribution in [-0.2, 0) is 4.79 Å². The number of hydrogen-bond donors (Lipinski definition) is 2. The monoisotopic (exact) mass is 307 g/mol. The van der Waals surface area contributed by atoms with Crippen molar-refractivity contribution in [2.24, 2.45) is 0 Å². The summed E-state index contributed by atoms with van der Waals surface area (Å²) in [7, 11) is 0. The third-order valence-corrected chi connectivity index (χ3v) is 3.29. The Morgan fingerprint density at radius 3 is 2.86 bits per heavy atom. The van der Waals surface area contributed by atoms with Gasteiger partial charge in [0.2, 0.25) is 11.8 Å². The first-order valence-corrected chi connectivity index (χ1v) is 7.05. The fraction of sp³-hybridized carbons (Fsp3) is 0.333. The first-order valence-electron chi connectivity index (χ1n) is 6.67. The Bertz CT molecular complexity index is 640. The minimum absolute atomic E-state index is 0.134. The zero-order chi connectivity index (χ0) is 15.4. The van der Waals surface area contributed by atoms with E-state index in [0.29, 0.717) is 16.6 Å².